The molecule has 0 fully saturated rings. The van der Waals surface area contributed by atoms with Crippen LogP contribution in [0.5, 0.6) is 0 Å². The van der Waals surface area contributed by atoms with Crippen LogP contribution in [0, 0.1) is 40.1 Å². The van der Waals surface area contributed by atoms with E-state index in [1.54, 1.807) is 16.9 Å². The van der Waals surface area contributed by atoms with Gasteiger partial charge in [-0.05, 0) is 47.0 Å². The van der Waals surface area contributed by atoms with E-state index in [1.165, 1.54) is 24.3 Å². The summed E-state index contributed by atoms with van der Waals surface area (Å²) in [4.78, 5) is 6.74. The molecule has 0 saturated heterocycles. The zero-order valence-electron chi connectivity index (χ0n) is 24.8. The summed E-state index contributed by atoms with van der Waals surface area (Å²) in [7, 11) is 0. The van der Waals surface area contributed by atoms with Crippen LogP contribution in [0.1, 0.15) is 11.1 Å². The van der Waals surface area contributed by atoms with E-state index in [-0.39, 0.29) is 5.56 Å². The third kappa shape index (κ3) is 4.45. The Morgan fingerprint density at radius 1 is 0.542 bits per heavy atom. The van der Waals surface area contributed by atoms with Gasteiger partial charge in [-0.3, -0.25) is 0 Å². The van der Waals surface area contributed by atoms with Crippen molar-refractivity contribution in [3.05, 3.63) is 144 Å². The first kappa shape index (κ1) is 28.6. The minimum atomic E-state index is -1.51. The van der Waals surface area contributed by atoms with Gasteiger partial charge in [-0.1, -0.05) is 84.9 Å². The Morgan fingerprint density at radius 3 is 1.81 bits per heavy atom. The fraction of sp³-hybridized carbons (Fsp3) is 0. The van der Waals surface area contributed by atoms with Gasteiger partial charge in [-0.25, -0.2) is 18.2 Å². The predicted octanol–water partition coefficient (Wildman–Crippen LogP) is 9.28. The second-order valence-electron chi connectivity index (χ2n) is 11.1. The summed E-state index contributed by atoms with van der Waals surface area (Å²) in [5.41, 5.74) is 3.64. The van der Waals surface area contributed by atoms with Crippen LogP contribution in [0.2, 0.25) is 0 Å². The average Bonchev–Trinajstić information content (AvgIpc) is 3.57. The Hall–Kier alpha value is -6.84. The van der Waals surface area contributed by atoms with E-state index in [0.717, 1.165) is 55.3 Å². The predicted molar refractivity (Wildman–Crippen MR) is 177 cm³/mol. The van der Waals surface area contributed by atoms with E-state index in [0.29, 0.717) is 5.52 Å². The minimum absolute atomic E-state index is 0.0573. The zero-order chi connectivity index (χ0) is 32.9. The number of benzene rings is 6. The molecule has 0 unspecified atom stereocenters. The average molecular weight is 629 g/mol. The van der Waals surface area contributed by atoms with Gasteiger partial charge in [0.2, 0.25) is 0 Å². The molecule has 8 rings (SSSR count). The largest absolute Gasteiger partial charge is 0.247 e. The smallest absolute Gasteiger partial charge is 0.164 e. The number of hydrogen-bond donors (Lipinski definition) is 0. The molecule has 0 bridgehead atoms. The standard InChI is InChI=1S/C39H19F3N6/c40-35-29(20-43)36(41)33(37(42)30(35)21-44)23-13-11-22(12-14-23)25-15-16-27-32(19-25)45-38(24-7-3-1-4-8-24)28-17-18-31-39(34(27)28)47-48(46-31)26-9-5-2-6-10-26/h1-19H. The molecule has 0 amide bonds. The topological polar surface area (TPSA) is 91.2 Å². The van der Waals surface area contributed by atoms with E-state index < -0.39 is 34.1 Å². The summed E-state index contributed by atoms with van der Waals surface area (Å²) in [5, 5.41) is 30.9. The molecule has 0 aliphatic heterocycles. The lowest BCUT2D eigenvalue weighted by molar-refractivity contribution is 0.539. The molecule has 0 radical (unpaired) electrons. The summed E-state index contributed by atoms with van der Waals surface area (Å²) in [6.45, 7) is 0. The van der Waals surface area contributed by atoms with Crippen LogP contribution in [-0.4, -0.2) is 20.0 Å². The molecule has 6 aromatic carbocycles. The van der Waals surface area contributed by atoms with Crippen LogP contribution in [0.3, 0.4) is 0 Å². The summed E-state index contributed by atoms with van der Waals surface area (Å²) < 4.78 is 44.5. The second-order valence-corrected chi connectivity index (χ2v) is 11.1. The lowest BCUT2D eigenvalue weighted by Gasteiger charge is -2.13. The molecule has 9 heteroatoms. The third-order valence-corrected chi connectivity index (χ3v) is 8.39. The van der Waals surface area contributed by atoms with Gasteiger partial charge < -0.3 is 0 Å². The quantitative estimate of drug-likeness (QED) is 0.181. The molecule has 0 atom stereocenters. The van der Waals surface area contributed by atoms with Crippen LogP contribution in [0.4, 0.5) is 13.2 Å². The molecule has 2 aromatic heterocycles. The van der Waals surface area contributed by atoms with E-state index in [9.17, 15) is 14.9 Å². The van der Waals surface area contributed by atoms with Crippen LogP contribution < -0.4 is 0 Å². The minimum Gasteiger partial charge on any atom is -0.247 e. The summed E-state index contributed by atoms with van der Waals surface area (Å²) in [6, 6.07) is 38.4. The number of halogens is 3. The highest BCUT2D eigenvalue weighted by Crippen LogP contribution is 2.38. The van der Waals surface area contributed by atoms with Crippen LogP contribution in [0.25, 0.3) is 71.9 Å². The first-order chi connectivity index (χ1) is 23.5. The highest BCUT2D eigenvalue weighted by atomic mass is 19.1. The monoisotopic (exact) mass is 628 g/mol. The Morgan fingerprint density at radius 2 is 1.15 bits per heavy atom. The van der Waals surface area contributed by atoms with Gasteiger partial charge >= 0.3 is 0 Å². The van der Waals surface area contributed by atoms with Crippen molar-refractivity contribution in [2.45, 2.75) is 0 Å². The highest BCUT2D eigenvalue weighted by Gasteiger charge is 2.26. The molecule has 0 N–H and O–H groups in total. The van der Waals surface area contributed by atoms with Crippen molar-refractivity contribution in [1.82, 2.24) is 20.0 Å². The van der Waals surface area contributed by atoms with E-state index in [4.69, 9.17) is 15.2 Å². The molecular weight excluding hydrogens is 609 g/mol. The molecule has 0 saturated carbocycles. The maximum absolute atomic E-state index is 15.1. The molecule has 0 aliphatic rings. The first-order valence-electron chi connectivity index (χ1n) is 14.8. The zero-order valence-corrected chi connectivity index (χ0v) is 24.8. The summed E-state index contributed by atoms with van der Waals surface area (Å²) >= 11 is 0. The van der Waals surface area contributed by atoms with Crippen molar-refractivity contribution >= 4 is 32.7 Å². The van der Waals surface area contributed by atoms with Crippen molar-refractivity contribution in [2.75, 3.05) is 0 Å². The number of pyridine rings is 1. The maximum Gasteiger partial charge on any atom is 0.164 e. The number of fused-ring (bicyclic) bond motifs is 5. The first-order valence-corrected chi connectivity index (χ1v) is 14.8. The second kappa shape index (κ2) is 11.2. The van der Waals surface area contributed by atoms with Gasteiger partial charge in [-0.2, -0.15) is 15.3 Å². The van der Waals surface area contributed by atoms with Crippen LogP contribution >= 0.6 is 0 Å². The van der Waals surface area contributed by atoms with Crippen LogP contribution in [-0.2, 0) is 0 Å². The Balaban J connectivity index is 1.30. The normalized spacial score (nSPS) is 11.2. The Bertz CT molecular complexity index is 2610. The lowest BCUT2D eigenvalue weighted by atomic mass is 9.94. The lowest BCUT2D eigenvalue weighted by Crippen LogP contribution is -2.03. The van der Waals surface area contributed by atoms with Gasteiger partial charge in [0.05, 0.1) is 22.5 Å². The molecule has 226 valence electrons. The van der Waals surface area contributed by atoms with Crippen LogP contribution in [0.15, 0.2) is 115 Å². The van der Waals surface area contributed by atoms with Crippen molar-refractivity contribution in [3.63, 3.8) is 0 Å². The molecule has 8 aromatic rings. The van der Waals surface area contributed by atoms with Gasteiger partial charge in [-0.15, -0.1) is 10.2 Å². The molecule has 6 nitrogen and oxygen atoms in total. The molecule has 0 spiro atoms. The number of nitriles is 2. The van der Waals surface area contributed by atoms with Crippen molar-refractivity contribution in [3.8, 4) is 51.3 Å². The fourth-order valence-corrected chi connectivity index (χ4v) is 6.08. The number of nitrogens with zero attached hydrogens (tertiary/aromatic N) is 6. The third-order valence-electron chi connectivity index (χ3n) is 8.39. The number of aromatic nitrogens is 4. The maximum atomic E-state index is 15.1. The molecule has 2 heterocycles. The fourth-order valence-electron chi connectivity index (χ4n) is 6.08. The van der Waals surface area contributed by atoms with Gasteiger partial charge in [0.25, 0.3) is 0 Å². The highest BCUT2D eigenvalue weighted by molar-refractivity contribution is 6.21. The van der Waals surface area contributed by atoms with Gasteiger partial charge in [0, 0.05) is 21.7 Å². The van der Waals surface area contributed by atoms with Crippen molar-refractivity contribution in [1.29, 1.82) is 10.5 Å². The van der Waals surface area contributed by atoms with E-state index in [1.807, 2.05) is 91.0 Å². The number of hydrogen-bond acceptors (Lipinski definition) is 5. The Kier molecular flexibility index (Phi) is 6.68. The molecule has 0 aliphatic carbocycles. The summed E-state index contributed by atoms with van der Waals surface area (Å²) in [6.07, 6.45) is 0. The molecular formula is C39H19F3N6. The SMILES string of the molecule is N#Cc1c(F)c(C#N)c(F)c(-c2ccc(-c3ccc4c(c3)nc(-c3ccccc3)c3ccc5nn(-c6ccccc6)nc5c34)cc2)c1F. The van der Waals surface area contributed by atoms with Crippen molar-refractivity contribution < 1.29 is 13.2 Å². The number of rotatable bonds is 4. The summed E-state index contributed by atoms with van der Waals surface area (Å²) in [5.74, 6) is -4.23. The van der Waals surface area contributed by atoms with E-state index >= 15 is 8.78 Å². The van der Waals surface area contributed by atoms with Gasteiger partial charge in [0.15, 0.2) is 17.5 Å². The number of para-hydroxylation sites is 1. The Labute approximate surface area is 271 Å². The molecule has 48 heavy (non-hydrogen) atoms. The van der Waals surface area contributed by atoms with E-state index in [2.05, 4.69) is 0 Å². The van der Waals surface area contributed by atoms with Gasteiger partial charge in [0.1, 0.15) is 34.3 Å². The van der Waals surface area contributed by atoms with Crippen molar-refractivity contribution in [2.24, 2.45) is 0 Å².